The number of anilines is 2. The normalized spacial score (nSPS) is 11.4. The third-order valence-electron chi connectivity index (χ3n) is 5.89. The van der Waals surface area contributed by atoms with Crippen LogP contribution >= 0.6 is 0 Å². The number of nitrogens with one attached hydrogen (secondary N) is 1. The standard InChI is InChI=1S/C27H31N3O4S/c1-6-30(24-10-8-7-9-11-24)26(31)17-21-12-14-23(15-13-21)28-27(32)22-16-19(2)20(3)25(18-22)35(33,34)29(4)5/h7-16,18H,6,17H2,1-5H3,(H,28,32). The number of carbonyl (C=O) groups excluding carboxylic acids is 2. The van der Waals surface area contributed by atoms with Gasteiger partial charge in [-0.25, -0.2) is 12.7 Å². The Balaban J connectivity index is 1.74. The molecule has 0 bridgehead atoms. The average molecular weight is 494 g/mol. The Morgan fingerprint density at radius 3 is 2.11 bits per heavy atom. The maximum atomic E-state index is 12.9. The van der Waals surface area contributed by atoms with Gasteiger partial charge in [-0.3, -0.25) is 9.59 Å². The van der Waals surface area contributed by atoms with E-state index in [0.717, 1.165) is 15.6 Å². The van der Waals surface area contributed by atoms with Crippen molar-refractivity contribution in [2.75, 3.05) is 30.9 Å². The predicted molar refractivity (Wildman–Crippen MR) is 139 cm³/mol. The smallest absolute Gasteiger partial charge is 0.255 e. The van der Waals surface area contributed by atoms with E-state index in [2.05, 4.69) is 5.32 Å². The first-order valence-electron chi connectivity index (χ1n) is 11.3. The van der Waals surface area contributed by atoms with E-state index in [1.54, 1.807) is 49.1 Å². The lowest BCUT2D eigenvalue weighted by molar-refractivity contribution is -0.117. The molecule has 35 heavy (non-hydrogen) atoms. The van der Waals surface area contributed by atoms with Crippen LogP contribution in [-0.2, 0) is 21.2 Å². The van der Waals surface area contributed by atoms with Gasteiger partial charge in [-0.05, 0) is 73.9 Å². The van der Waals surface area contributed by atoms with E-state index in [4.69, 9.17) is 0 Å². The molecule has 0 aromatic heterocycles. The fraction of sp³-hybridized carbons (Fsp3) is 0.259. The fourth-order valence-electron chi connectivity index (χ4n) is 3.71. The van der Waals surface area contributed by atoms with Crippen LogP contribution < -0.4 is 10.2 Å². The van der Waals surface area contributed by atoms with Crippen LogP contribution in [-0.4, -0.2) is 45.2 Å². The number of para-hydroxylation sites is 1. The molecule has 0 saturated carbocycles. The van der Waals surface area contributed by atoms with Gasteiger partial charge < -0.3 is 10.2 Å². The zero-order chi connectivity index (χ0) is 25.8. The minimum Gasteiger partial charge on any atom is -0.322 e. The summed E-state index contributed by atoms with van der Waals surface area (Å²) in [5.74, 6) is -0.423. The van der Waals surface area contributed by atoms with Gasteiger partial charge in [0.2, 0.25) is 15.9 Å². The Labute approximate surface area is 207 Å². The molecule has 7 nitrogen and oxygen atoms in total. The first-order chi connectivity index (χ1) is 16.5. The molecule has 0 heterocycles. The molecule has 0 radical (unpaired) electrons. The molecule has 0 fully saturated rings. The van der Waals surface area contributed by atoms with E-state index < -0.39 is 15.9 Å². The summed E-state index contributed by atoms with van der Waals surface area (Å²) in [6.07, 6.45) is 0.236. The van der Waals surface area contributed by atoms with Gasteiger partial charge in [0.05, 0.1) is 11.3 Å². The summed E-state index contributed by atoms with van der Waals surface area (Å²) >= 11 is 0. The molecule has 3 aromatic carbocycles. The third kappa shape index (κ3) is 5.96. The summed E-state index contributed by atoms with van der Waals surface area (Å²) in [7, 11) is -0.766. The summed E-state index contributed by atoms with van der Waals surface area (Å²) in [6, 6.07) is 19.7. The number of aryl methyl sites for hydroxylation is 1. The second-order valence-corrected chi connectivity index (χ2v) is 10.6. The van der Waals surface area contributed by atoms with Gasteiger partial charge in [-0.15, -0.1) is 0 Å². The van der Waals surface area contributed by atoms with Crippen LogP contribution in [0, 0.1) is 13.8 Å². The largest absolute Gasteiger partial charge is 0.322 e. The maximum absolute atomic E-state index is 12.9. The summed E-state index contributed by atoms with van der Waals surface area (Å²) in [5.41, 5.74) is 3.82. The molecular weight excluding hydrogens is 462 g/mol. The van der Waals surface area contributed by atoms with E-state index in [1.807, 2.05) is 37.3 Å². The van der Waals surface area contributed by atoms with Crippen LogP contribution in [0.5, 0.6) is 0 Å². The average Bonchev–Trinajstić information content (AvgIpc) is 2.82. The van der Waals surface area contributed by atoms with E-state index in [9.17, 15) is 18.0 Å². The van der Waals surface area contributed by atoms with E-state index in [1.165, 1.54) is 20.2 Å². The highest BCUT2D eigenvalue weighted by molar-refractivity contribution is 7.89. The van der Waals surface area contributed by atoms with E-state index in [0.29, 0.717) is 23.4 Å². The number of rotatable bonds is 8. The molecule has 0 unspecified atom stereocenters. The topological polar surface area (TPSA) is 86.8 Å². The fourth-order valence-corrected chi connectivity index (χ4v) is 4.93. The van der Waals surface area contributed by atoms with Crippen molar-refractivity contribution in [3.63, 3.8) is 0 Å². The van der Waals surface area contributed by atoms with Crippen LogP contribution in [0.25, 0.3) is 0 Å². The highest BCUT2D eigenvalue weighted by Crippen LogP contribution is 2.24. The molecule has 184 valence electrons. The monoisotopic (exact) mass is 493 g/mol. The van der Waals surface area contributed by atoms with Crippen LogP contribution in [0.4, 0.5) is 11.4 Å². The lowest BCUT2D eigenvalue weighted by Crippen LogP contribution is -2.31. The number of likely N-dealkylation sites (N-methyl/N-ethyl adjacent to an activating group) is 1. The van der Waals surface area contributed by atoms with Gasteiger partial charge in [-0.1, -0.05) is 30.3 Å². The second-order valence-electron chi connectivity index (χ2n) is 8.51. The first kappa shape index (κ1) is 26.1. The zero-order valence-corrected chi connectivity index (χ0v) is 21.5. The van der Waals surface area contributed by atoms with Crippen molar-refractivity contribution in [2.45, 2.75) is 32.1 Å². The molecule has 0 aliphatic rings. The van der Waals surface area contributed by atoms with Crippen LogP contribution in [0.3, 0.4) is 0 Å². The van der Waals surface area contributed by atoms with Crippen molar-refractivity contribution in [1.29, 1.82) is 0 Å². The van der Waals surface area contributed by atoms with Crippen molar-refractivity contribution in [3.05, 3.63) is 89.0 Å². The van der Waals surface area contributed by atoms with Crippen molar-refractivity contribution in [1.82, 2.24) is 4.31 Å². The van der Waals surface area contributed by atoms with E-state index >= 15 is 0 Å². The maximum Gasteiger partial charge on any atom is 0.255 e. The highest BCUT2D eigenvalue weighted by Gasteiger charge is 2.23. The highest BCUT2D eigenvalue weighted by atomic mass is 32.2. The van der Waals surface area contributed by atoms with Gasteiger partial charge in [0.15, 0.2) is 0 Å². The van der Waals surface area contributed by atoms with Gasteiger partial charge >= 0.3 is 0 Å². The molecule has 3 rings (SSSR count). The number of amides is 2. The summed E-state index contributed by atoms with van der Waals surface area (Å²) in [4.78, 5) is 27.6. The van der Waals surface area contributed by atoms with Crippen LogP contribution in [0.15, 0.2) is 71.6 Å². The molecule has 3 aromatic rings. The lowest BCUT2D eigenvalue weighted by atomic mass is 10.1. The van der Waals surface area contributed by atoms with Crippen molar-refractivity contribution >= 4 is 33.2 Å². The quantitative estimate of drug-likeness (QED) is 0.504. The Morgan fingerprint density at radius 1 is 0.914 bits per heavy atom. The Kier molecular flexibility index (Phi) is 8.09. The second kappa shape index (κ2) is 10.8. The number of sulfonamides is 1. The molecule has 8 heteroatoms. The molecule has 0 spiro atoms. The summed E-state index contributed by atoms with van der Waals surface area (Å²) in [5, 5.41) is 2.81. The number of nitrogens with zero attached hydrogens (tertiary/aromatic N) is 2. The van der Waals surface area contributed by atoms with Crippen LogP contribution in [0.2, 0.25) is 0 Å². The van der Waals surface area contributed by atoms with Crippen LogP contribution in [0.1, 0.15) is 34.0 Å². The molecule has 1 N–H and O–H groups in total. The third-order valence-corrected chi connectivity index (χ3v) is 7.83. The zero-order valence-electron chi connectivity index (χ0n) is 20.7. The minimum atomic E-state index is -3.69. The molecular formula is C27H31N3O4S. The number of benzene rings is 3. The first-order valence-corrected chi connectivity index (χ1v) is 12.8. The van der Waals surface area contributed by atoms with E-state index in [-0.39, 0.29) is 22.8 Å². The molecule has 0 saturated heterocycles. The van der Waals surface area contributed by atoms with Gasteiger partial charge in [0.25, 0.3) is 5.91 Å². The molecule has 2 amide bonds. The number of hydrogen-bond acceptors (Lipinski definition) is 4. The predicted octanol–water partition coefficient (Wildman–Crippen LogP) is 4.40. The number of carbonyl (C=O) groups is 2. The number of hydrogen-bond donors (Lipinski definition) is 1. The van der Waals surface area contributed by atoms with Crippen molar-refractivity contribution in [2.24, 2.45) is 0 Å². The Morgan fingerprint density at radius 2 is 1.54 bits per heavy atom. The molecule has 0 atom stereocenters. The Bertz CT molecular complexity index is 1320. The van der Waals surface area contributed by atoms with Crippen molar-refractivity contribution < 1.29 is 18.0 Å². The molecule has 0 aliphatic heterocycles. The Hall–Kier alpha value is -3.49. The van der Waals surface area contributed by atoms with Gasteiger partial charge in [0.1, 0.15) is 0 Å². The summed E-state index contributed by atoms with van der Waals surface area (Å²) in [6.45, 7) is 6.01. The molecule has 0 aliphatic carbocycles. The van der Waals surface area contributed by atoms with Gasteiger partial charge in [-0.2, -0.15) is 0 Å². The van der Waals surface area contributed by atoms with Crippen molar-refractivity contribution in [3.8, 4) is 0 Å². The van der Waals surface area contributed by atoms with Gasteiger partial charge in [0, 0.05) is 37.6 Å². The SMILES string of the molecule is CCN(C(=O)Cc1ccc(NC(=O)c2cc(C)c(C)c(S(=O)(=O)N(C)C)c2)cc1)c1ccccc1. The summed E-state index contributed by atoms with van der Waals surface area (Å²) < 4.78 is 26.5. The minimum absolute atomic E-state index is 0.0137. The lowest BCUT2D eigenvalue weighted by Gasteiger charge is -2.21.